The van der Waals surface area contributed by atoms with Gasteiger partial charge < -0.3 is 15.5 Å². The Kier molecular flexibility index (Phi) is 9.08. The zero-order valence-corrected chi connectivity index (χ0v) is 20.3. The molecule has 0 fully saturated rings. The number of nitrogens with one attached hydrogen (secondary N) is 3. The molecule has 0 bridgehead atoms. The number of benzene rings is 2. The summed E-state index contributed by atoms with van der Waals surface area (Å²) in [5, 5.41) is 33.5. The standard InChI is InChI=1S/C23H26N6O7S/c24-37(35,36)11-10-25-21(31)18-12-19(27-26-18)22(32)28-29(14-20(30)23(33)34)13-15-6-8-17(9-7-15)16-4-2-1-3-5-16/h1-9,12,20,30H,10-11,13-14H2,(H,25,31)(H,26,27)(H,28,32)(H,33,34)(H2,24,35,36). The van der Waals surface area contributed by atoms with Crippen molar-refractivity contribution >= 4 is 27.8 Å². The van der Waals surface area contributed by atoms with Crippen LogP contribution < -0.4 is 15.9 Å². The van der Waals surface area contributed by atoms with Crippen molar-refractivity contribution in [2.75, 3.05) is 18.8 Å². The molecule has 0 aliphatic rings. The van der Waals surface area contributed by atoms with Gasteiger partial charge in [0.05, 0.1) is 12.3 Å². The van der Waals surface area contributed by atoms with Gasteiger partial charge in [-0.1, -0.05) is 54.6 Å². The summed E-state index contributed by atoms with van der Waals surface area (Å²) in [4.78, 5) is 36.0. The van der Waals surface area contributed by atoms with Crippen LogP contribution in [0.2, 0.25) is 0 Å². The molecule has 7 N–H and O–H groups in total. The van der Waals surface area contributed by atoms with Gasteiger partial charge in [0.15, 0.2) is 11.8 Å². The number of carbonyl (C=O) groups excluding carboxylic acids is 2. The number of nitrogens with two attached hydrogens (primary N) is 1. The van der Waals surface area contributed by atoms with Gasteiger partial charge in [0.1, 0.15) is 5.69 Å². The largest absolute Gasteiger partial charge is 0.479 e. The summed E-state index contributed by atoms with van der Waals surface area (Å²) in [5.41, 5.74) is 4.93. The molecule has 1 atom stereocenters. The molecule has 1 heterocycles. The molecule has 1 aromatic heterocycles. The van der Waals surface area contributed by atoms with Crippen LogP contribution in [0.15, 0.2) is 60.7 Å². The van der Waals surface area contributed by atoms with Crippen molar-refractivity contribution in [3.63, 3.8) is 0 Å². The molecule has 14 heteroatoms. The van der Waals surface area contributed by atoms with Crippen molar-refractivity contribution in [3.8, 4) is 11.1 Å². The Morgan fingerprint density at radius 2 is 1.68 bits per heavy atom. The Hall–Kier alpha value is -4.11. The average Bonchev–Trinajstić information content (AvgIpc) is 3.35. The smallest absolute Gasteiger partial charge is 0.333 e. The first-order valence-electron chi connectivity index (χ1n) is 11.0. The number of primary sulfonamides is 1. The maximum atomic E-state index is 12.7. The minimum Gasteiger partial charge on any atom is -0.479 e. The second-order valence-electron chi connectivity index (χ2n) is 8.03. The summed E-state index contributed by atoms with van der Waals surface area (Å²) in [6, 6.07) is 18.2. The molecule has 0 aliphatic carbocycles. The van der Waals surface area contributed by atoms with Crippen molar-refractivity contribution in [2.24, 2.45) is 5.14 Å². The number of hydrazine groups is 1. The van der Waals surface area contributed by atoms with E-state index in [9.17, 15) is 27.9 Å². The second kappa shape index (κ2) is 12.2. The molecular weight excluding hydrogens is 504 g/mol. The Morgan fingerprint density at radius 3 is 2.30 bits per heavy atom. The highest BCUT2D eigenvalue weighted by Crippen LogP contribution is 2.19. The third-order valence-corrected chi connectivity index (χ3v) is 5.87. The van der Waals surface area contributed by atoms with Gasteiger partial charge in [-0.2, -0.15) is 5.10 Å². The number of carboxylic acid groups (broad SMARTS) is 1. The van der Waals surface area contributed by atoms with Crippen LogP contribution in [-0.2, 0) is 21.4 Å². The zero-order chi connectivity index (χ0) is 27.0. The number of aliphatic hydroxyl groups is 1. The predicted octanol–water partition coefficient (Wildman–Crippen LogP) is -0.312. The summed E-state index contributed by atoms with van der Waals surface area (Å²) >= 11 is 0. The number of sulfonamides is 1. The number of carbonyl (C=O) groups is 3. The number of aliphatic hydroxyl groups excluding tert-OH is 1. The average molecular weight is 531 g/mol. The lowest BCUT2D eigenvalue weighted by Gasteiger charge is -2.24. The van der Waals surface area contributed by atoms with Gasteiger partial charge in [0.25, 0.3) is 11.8 Å². The molecule has 0 spiro atoms. The molecule has 3 rings (SSSR count). The Balaban J connectivity index is 1.67. The molecule has 196 valence electrons. The van der Waals surface area contributed by atoms with E-state index in [1.165, 1.54) is 5.01 Å². The van der Waals surface area contributed by atoms with Crippen LogP contribution >= 0.6 is 0 Å². The van der Waals surface area contributed by atoms with E-state index in [-0.39, 0.29) is 24.5 Å². The summed E-state index contributed by atoms with van der Waals surface area (Å²) < 4.78 is 21.9. The monoisotopic (exact) mass is 530 g/mol. The third-order valence-electron chi connectivity index (χ3n) is 5.10. The zero-order valence-electron chi connectivity index (χ0n) is 19.5. The lowest BCUT2D eigenvalue weighted by molar-refractivity contribution is -0.148. The van der Waals surface area contributed by atoms with Crippen LogP contribution in [0.3, 0.4) is 0 Å². The van der Waals surface area contributed by atoms with E-state index in [4.69, 9.17) is 10.2 Å². The number of hydrogen-bond donors (Lipinski definition) is 6. The fourth-order valence-corrected chi connectivity index (χ4v) is 3.63. The van der Waals surface area contributed by atoms with Crippen LogP contribution in [0.1, 0.15) is 26.5 Å². The molecule has 13 nitrogen and oxygen atoms in total. The van der Waals surface area contributed by atoms with Gasteiger partial charge in [0.2, 0.25) is 10.0 Å². The maximum Gasteiger partial charge on any atom is 0.333 e. The molecule has 0 aliphatic heterocycles. The molecule has 0 radical (unpaired) electrons. The quantitative estimate of drug-likeness (QED) is 0.169. The highest BCUT2D eigenvalue weighted by molar-refractivity contribution is 7.89. The first-order chi connectivity index (χ1) is 17.5. The summed E-state index contributed by atoms with van der Waals surface area (Å²) in [6.45, 7) is -0.591. The Bertz CT molecular complexity index is 1340. The van der Waals surface area contributed by atoms with Gasteiger partial charge in [-0.25, -0.2) is 23.4 Å². The van der Waals surface area contributed by atoms with Crippen molar-refractivity contribution in [1.29, 1.82) is 0 Å². The van der Waals surface area contributed by atoms with Crippen LogP contribution in [0.25, 0.3) is 11.1 Å². The van der Waals surface area contributed by atoms with E-state index in [2.05, 4.69) is 20.9 Å². The predicted molar refractivity (Wildman–Crippen MR) is 132 cm³/mol. The van der Waals surface area contributed by atoms with Crippen molar-refractivity contribution in [1.82, 2.24) is 25.9 Å². The van der Waals surface area contributed by atoms with Crippen LogP contribution in [0, 0.1) is 0 Å². The number of nitrogens with zero attached hydrogens (tertiary/aromatic N) is 2. The van der Waals surface area contributed by atoms with E-state index < -0.39 is 46.2 Å². The fraction of sp³-hybridized carbons (Fsp3) is 0.217. The third kappa shape index (κ3) is 8.50. The maximum absolute atomic E-state index is 12.7. The molecule has 3 aromatic rings. The van der Waals surface area contributed by atoms with E-state index in [1.54, 1.807) is 0 Å². The number of hydrogen-bond acceptors (Lipinski definition) is 8. The SMILES string of the molecule is NS(=O)(=O)CCNC(=O)c1cc(C(=O)NN(Cc2ccc(-c3ccccc3)cc2)CC(O)C(=O)O)[nH]n1. The molecule has 2 aromatic carbocycles. The van der Waals surface area contributed by atoms with Crippen LogP contribution in [0.4, 0.5) is 0 Å². The second-order valence-corrected chi connectivity index (χ2v) is 9.76. The highest BCUT2D eigenvalue weighted by Gasteiger charge is 2.22. The lowest BCUT2D eigenvalue weighted by atomic mass is 10.0. The number of amides is 2. The topological polar surface area (TPSA) is 208 Å². The molecule has 1 unspecified atom stereocenters. The number of rotatable bonds is 12. The van der Waals surface area contributed by atoms with Gasteiger partial charge in [0, 0.05) is 19.2 Å². The van der Waals surface area contributed by atoms with Gasteiger partial charge in [-0.05, 0) is 16.7 Å². The first kappa shape index (κ1) is 27.5. The van der Waals surface area contributed by atoms with Crippen molar-refractivity contribution < 1.29 is 33.0 Å². The van der Waals surface area contributed by atoms with E-state index in [0.717, 1.165) is 22.8 Å². The Labute approximate surface area is 212 Å². The van der Waals surface area contributed by atoms with Crippen molar-refractivity contribution in [2.45, 2.75) is 12.6 Å². The van der Waals surface area contributed by atoms with E-state index in [0.29, 0.717) is 0 Å². The number of carboxylic acids is 1. The number of aromatic amines is 1. The van der Waals surface area contributed by atoms with Gasteiger partial charge >= 0.3 is 5.97 Å². The lowest BCUT2D eigenvalue weighted by Crippen LogP contribution is -2.47. The van der Waals surface area contributed by atoms with E-state index in [1.807, 2.05) is 54.6 Å². The normalized spacial score (nSPS) is 12.2. The minimum absolute atomic E-state index is 0.0696. The van der Waals surface area contributed by atoms with Gasteiger partial charge in [-0.15, -0.1) is 0 Å². The fourth-order valence-electron chi connectivity index (χ4n) is 3.25. The van der Waals surface area contributed by atoms with E-state index >= 15 is 0 Å². The Morgan fingerprint density at radius 1 is 1.03 bits per heavy atom. The highest BCUT2D eigenvalue weighted by atomic mass is 32.2. The molecule has 0 saturated heterocycles. The minimum atomic E-state index is -3.76. The molecule has 0 saturated carbocycles. The number of aliphatic carboxylic acids is 1. The first-order valence-corrected chi connectivity index (χ1v) is 12.7. The number of H-pyrrole nitrogens is 1. The van der Waals surface area contributed by atoms with Gasteiger partial charge in [-0.3, -0.25) is 20.1 Å². The summed E-state index contributed by atoms with van der Waals surface area (Å²) in [7, 11) is -3.76. The van der Waals surface area contributed by atoms with Crippen molar-refractivity contribution in [3.05, 3.63) is 77.6 Å². The van der Waals surface area contributed by atoms with Crippen LogP contribution in [-0.4, -0.2) is 76.6 Å². The van der Waals surface area contributed by atoms with Crippen LogP contribution in [0.5, 0.6) is 0 Å². The summed E-state index contributed by atoms with van der Waals surface area (Å²) in [5.74, 6) is -3.40. The summed E-state index contributed by atoms with van der Waals surface area (Å²) in [6.07, 6.45) is -1.77. The molecule has 2 amide bonds. The molecule has 37 heavy (non-hydrogen) atoms. The molecular formula is C23H26N6O7S. The number of aromatic nitrogens is 2.